The van der Waals surface area contributed by atoms with Gasteiger partial charge < -0.3 is 4.74 Å². The van der Waals surface area contributed by atoms with Crippen LogP contribution in [0.2, 0.25) is 0 Å². The number of ether oxygens (including phenoxy) is 1. The smallest absolute Gasteiger partial charge is 0.0988 e. The maximum Gasteiger partial charge on any atom is 0.0988 e. The molecule has 0 N–H and O–H groups in total. The third kappa shape index (κ3) is 5.44. The van der Waals surface area contributed by atoms with Crippen molar-refractivity contribution >= 4 is 0 Å². The van der Waals surface area contributed by atoms with E-state index in [2.05, 4.69) is 33.4 Å². The maximum absolute atomic E-state index is 8.92. The number of methoxy groups -OCH3 is 1. The molecular formula is C17H27NO. The van der Waals surface area contributed by atoms with E-state index in [0.717, 1.165) is 12.0 Å². The van der Waals surface area contributed by atoms with Gasteiger partial charge in [0, 0.05) is 18.6 Å². The van der Waals surface area contributed by atoms with Crippen LogP contribution in [0.3, 0.4) is 0 Å². The first-order chi connectivity index (χ1) is 8.88. The predicted octanol–water partition coefficient (Wildman–Crippen LogP) is 4.66. The molecular weight excluding hydrogens is 234 g/mol. The maximum atomic E-state index is 8.92. The Kier molecular flexibility index (Phi) is 7.41. The van der Waals surface area contributed by atoms with Gasteiger partial charge in [-0.3, -0.25) is 0 Å². The SMILES string of the molecule is C=C1C=CC(C#N)=CC1CC(OC)C(C)(C)C.CC. The van der Waals surface area contributed by atoms with E-state index in [1.165, 1.54) is 0 Å². The quantitative estimate of drug-likeness (QED) is 0.740. The first-order valence-corrected chi connectivity index (χ1v) is 6.90. The average molecular weight is 261 g/mol. The highest BCUT2D eigenvalue weighted by molar-refractivity contribution is 5.43. The lowest BCUT2D eigenvalue weighted by Crippen LogP contribution is -2.30. The second-order valence-electron chi connectivity index (χ2n) is 5.57. The minimum Gasteiger partial charge on any atom is -0.381 e. The van der Waals surface area contributed by atoms with Gasteiger partial charge in [-0.15, -0.1) is 0 Å². The largest absolute Gasteiger partial charge is 0.381 e. The van der Waals surface area contributed by atoms with Crippen molar-refractivity contribution in [2.24, 2.45) is 11.3 Å². The Balaban J connectivity index is 0.00000154. The first-order valence-electron chi connectivity index (χ1n) is 6.90. The Hall–Kier alpha value is -1.33. The molecule has 1 aliphatic rings. The molecule has 1 rings (SSSR count). The molecule has 2 nitrogen and oxygen atoms in total. The molecule has 106 valence electrons. The number of hydrogen-bond acceptors (Lipinski definition) is 2. The molecule has 0 spiro atoms. The molecule has 2 heteroatoms. The Labute approximate surface area is 118 Å². The van der Waals surface area contributed by atoms with E-state index in [9.17, 15) is 0 Å². The van der Waals surface area contributed by atoms with Crippen LogP contribution >= 0.6 is 0 Å². The molecule has 1 aliphatic carbocycles. The van der Waals surface area contributed by atoms with Crippen molar-refractivity contribution in [3.8, 4) is 6.07 Å². The standard InChI is InChI=1S/C15H21NO.C2H6/c1-11-6-7-12(10-16)8-13(11)9-14(17-5)15(2,3)4;1-2/h6-8,13-14H,1,9H2,2-5H3;1-2H3. The zero-order valence-corrected chi connectivity index (χ0v) is 13.2. The van der Waals surface area contributed by atoms with Crippen molar-refractivity contribution in [2.75, 3.05) is 7.11 Å². The van der Waals surface area contributed by atoms with Crippen LogP contribution in [0, 0.1) is 22.7 Å². The van der Waals surface area contributed by atoms with Gasteiger partial charge in [0.2, 0.25) is 0 Å². The van der Waals surface area contributed by atoms with Gasteiger partial charge in [0.25, 0.3) is 0 Å². The summed E-state index contributed by atoms with van der Waals surface area (Å²) in [4.78, 5) is 0. The van der Waals surface area contributed by atoms with Gasteiger partial charge in [0.1, 0.15) is 0 Å². The van der Waals surface area contributed by atoms with Crippen molar-refractivity contribution in [2.45, 2.75) is 47.1 Å². The lowest BCUT2D eigenvalue weighted by Gasteiger charge is -2.32. The van der Waals surface area contributed by atoms with Gasteiger partial charge in [-0.2, -0.15) is 5.26 Å². The normalized spacial score (nSPS) is 19.9. The summed E-state index contributed by atoms with van der Waals surface area (Å²) < 4.78 is 5.56. The van der Waals surface area contributed by atoms with Crippen LogP contribution in [0.1, 0.15) is 41.0 Å². The minimum atomic E-state index is 0.0941. The van der Waals surface area contributed by atoms with Crippen LogP contribution < -0.4 is 0 Å². The van der Waals surface area contributed by atoms with E-state index in [0.29, 0.717) is 5.57 Å². The summed E-state index contributed by atoms with van der Waals surface area (Å²) in [6.45, 7) is 14.5. The van der Waals surface area contributed by atoms with Crippen LogP contribution in [0.15, 0.2) is 36.0 Å². The molecule has 0 fully saturated rings. The Bertz CT molecular complexity index is 390. The van der Waals surface area contributed by atoms with Gasteiger partial charge in [0.15, 0.2) is 0 Å². The van der Waals surface area contributed by atoms with Gasteiger partial charge in [-0.1, -0.05) is 53.3 Å². The van der Waals surface area contributed by atoms with E-state index in [4.69, 9.17) is 10.00 Å². The van der Waals surface area contributed by atoms with Crippen LogP contribution in [0.4, 0.5) is 0 Å². The van der Waals surface area contributed by atoms with Crippen LogP contribution in [0.5, 0.6) is 0 Å². The Morgan fingerprint density at radius 2 is 1.95 bits per heavy atom. The predicted molar refractivity (Wildman–Crippen MR) is 81.7 cm³/mol. The molecule has 0 saturated carbocycles. The highest BCUT2D eigenvalue weighted by Crippen LogP contribution is 2.32. The molecule has 0 aliphatic heterocycles. The Morgan fingerprint density at radius 3 is 2.37 bits per heavy atom. The number of nitrogens with zero attached hydrogens (tertiary/aromatic N) is 1. The van der Waals surface area contributed by atoms with Crippen LogP contribution in [-0.4, -0.2) is 13.2 Å². The molecule has 0 saturated heterocycles. The minimum absolute atomic E-state index is 0.0941. The summed E-state index contributed by atoms with van der Waals surface area (Å²) in [6.07, 6.45) is 6.76. The fourth-order valence-electron chi connectivity index (χ4n) is 2.03. The van der Waals surface area contributed by atoms with Crippen molar-refractivity contribution in [3.05, 3.63) is 36.0 Å². The molecule has 0 amide bonds. The highest BCUT2D eigenvalue weighted by atomic mass is 16.5. The fourth-order valence-corrected chi connectivity index (χ4v) is 2.03. The summed E-state index contributed by atoms with van der Waals surface area (Å²) in [5.41, 5.74) is 1.86. The van der Waals surface area contributed by atoms with Crippen molar-refractivity contribution in [1.29, 1.82) is 5.26 Å². The lowest BCUT2D eigenvalue weighted by atomic mass is 9.79. The molecule has 0 aromatic carbocycles. The second kappa shape index (κ2) is 7.96. The van der Waals surface area contributed by atoms with E-state index in [-0.39, 0.29) is 17.4 Å². The van der Waals surface area contributed by atoms with E-state index >= 15 is 0 Å². The monoisotopic (exact) mass is 261 g/mol. The van der Waals surface area contributed by atoms with E-state index in [1.54, 1.807) is 7.11 Å². The topological polar surface area (TPSA) is 33.0 Å². The zero-order valence-electron chi connectivity index (χ0n) is 13.2. The molecule has 0 aromatic rings. The van der Waals surface area contributed by atoms with E-state index in [1.807, 2.05) is 32.1 Å². The van der Waals surface area contributed by atoms with Crippen molar-refractivity contribution in [3.63, 3.8) is 0 Å². The summed E-state index contributed by atoms with van der Waals surface area (Å²) >= 11 is 0. The summed E-state index contributed by atoms with van der Waals surface area (Å²) in [7, 11) is 1.74. The molecule has 0 bridgehead atoms. The average Bonchev–Trinajstić information content (AvgIpc) is 2.38. The van der Waals surface area contributed by atoms with Gasteiger partial charge in [-0.05, 0) is 23.5 Å². The number of nitriles is 1. The first kappa shape index (κ1) is 17.7. The van der Waals surface area contributed by atoms with Crippen molar-refractivity contribution in [1.82, 2.24) is 0 Å². The molecule has 0 heterocycles. The Morgan fingerprint density at radius 1 is 1.37 bits per heavy atom. The molecule has 19 heavy (non-hydrogen) atoms. The second-order valence-corrected chi connectivity index (χ2v) is 5.57. The number of allylic oxidation sites excluding steroid dienone is 5. The van der Waals surface area contributed by atoms with Crippen LogP contribution in [0.25, 0.3) is 0 Å². The summed E-state index contributed by atoms with van der Waals surface area (Å²) in [5, 5.41) is 8.92. The van der Waals surface area contributed by atoms with Gasteiger partial charge in [-0.25, -0.2) is 0 Å². The van der Waals surface area contributed by atoms with Crippen molar-refractivity contribution < 1.29 is 4.74 Å². The van der Waals surface area contributed by atoms with Gasteiger partial charge in [0.05, 0.1) is 12.2 Å². The number of hydrogen-bond donors (Lipinski definition) is 0. The molecule has 2 atom stereocenters. The summed E-state index contributed by atoms with van der Waals surface area (Å²) in [6, 6.07) is 2.18. The third-order valence-electron chi connectivity index (χ3n) is 3.18. The summed E-state index contributed by atoms with van der Waals surface area (Å²) in [5.74, 6) is 0.207. The van der Waals surface area contributed by atoms with E-state index < -0.39 is 0 Å². The third-order valence-corrected chi connectivity index (χ3v) is 3.18. The highest BCUT2D eigenvalue weighted by Gasteiger charge is 2.28. The van der Waals surface area contributed by atoms with Crippen LogP contribution in [-0.2, 0) is 4.74 Å². The lowest BCUT2D eigenvalue weighted by molar-refractivity contribution is 0.00589. The molecule has 0 radical (unpaired) electrons. The molecule has 2 unspecified atom stereocenters. The zero-order chi connectivity index (χ0) is 15.1. The number of rotatable bonds is 3. The fraction of sp³-hybridized carbons (Fsp3) is 0.588. The molecule has 0 aromatic heterocycles. The van der Waals surface area contributed by atoms with Gasteiger partial charge >= 0.3 is 0 Å².